The minimum absolute atomic E-state index is 0.0179. The van der Waals surface area contributed by atoms with Gasteiger partial charge in [0.05, 0.1) is 26.1 Å². The van der Waals surface area contributed by atoms with Crippen molar-refractivity contribution in [2.75, 3.05) is 13.2 Å². The predicted octanol–water partition coefficient (Wildman–Crippen LogP) is 8.38. The second kappa shape index (κ2) is 13.0. The summed E-state index contributed by atoms with van der Waals surface area (Å²) < 4.78 is 11.6. The van der Waals surface area contributed by atoms with E-state index in [0.29, 0.717) is 0 Å². The van der Waals surface area contributed by atoms with E-state index in [9.17, 15) is 9.59 Å². The molecule has 0 aliphatic heterocycles. The molecule has 5 rings (SSSR count). The van der Waals surface area contributed by atoms with Gasteiger partial charge in [-0.25, -0.2) is 0 Å². The average Bonchev–Trinajstić information content (AvgIpc) is 3.76. The van der Waals surface area contributed by atoms with E-state index >= 15 is 0 Å². The van der Waals surface area contributed by atoms with Gasteiger partial charge >= 0.3 is 11.9 Å². The summed E-state index contributed by atoms with van der Waals surface area (Å²) in [5.41, 5.74) is 1.98. The summed E-state index contributed by atoms with van der Waals surface area (Å²) in [6.07, 6.45) is 5.20. The summed E-state index contributed by atoms with van der Waals surface area (Å²) in [6.45, 7) is 8.59. The maximum absolute atomic E-state index is 12.9. The Labute approximate surface area is 245 Å². The van der Waals surface area contributed by atoms with Crippen LogP contribution in [0.4, 0.5) is 0 Å². The summed E-state index contributed by atoms with van der Waals surface area (Å²) in [4.78, 5) is 30.3. The quantitative estimate of drug-likeness (QED) is 0.122. The Hall–Kier alpha value is -2.78. The monoisotopic (exact) mass is 594 g/mol. The third kappa shape index (κ3) is 6.52. The summed E-state index contributed by atoms with van der Waals surface area (Å²) in [7, 11) is 0. The van der Waals surface area contributed by atoms with Crippen LogP contribution in [0.25, 0.3) is 19.5 Å². The zero-order chi connectivity index (χ0) is 27.2. The number of carbonyl (C=O) groups is 2. The molecule has 0 spiro atoms. The lowest BCUT2D eigenvalue weighted by atomic mass is 9.88. The van der Waals surface area contributed by atoms with Gasteiger partial charge in [0.15, 0.2) is 0 Å². The lowest BCUT2D eigenvalue weighted by Gasteiger charge is -2.24. The second-order valence-corrected chi connectivity index (χ2v) is 13.3. The van der Waals surface area contributed by atoms with E-state index in [4.69, 9.17) is 9.47 Å². The van der Waals surface area contributed by atoms with Gasteiger partial charge in [-0.1, -0.05) is 24.3 Å². The third-order valence-electron chi connectivity index (χ3n) is 7.33. The van der Waals surface area contributed by atoms with Gasteiger partial charge in [-0.3, -0.25) is 9.59 Å². The molecule has 4 aromatic heterocycles. The highest BCUT2D eigenvalue weighted by atomic mass is 32.1. The lowest BCUT2D eigenvalue weighted by molar-refractivity contribution is -0.149. The fourth-order valence-corrected chi connectivity index (χ4v) is 8.99. The largest absolute Gasteiger partial charge is 0.465 e. The van der Waals surface area contributed by atoms with Crippen LogP contribution in [0.3, 0.4) is 0 Å². The van der Waals surface area contributed by atoms with Crippen molar-refractivity contribution in [3.63, 3.8) is 0 Å². The Bertz CT molecular complexity index is 1290. The first-order valence-electron chi connectivity index (χ1n) is 12.8. The van der Waals surface area contributed by atoms with Crippen LogP contribution in [0, 0.1) is 23.7 Å². The van der Waals surface area contributed by atoms with E-state index in [1.54, 1.807) is 45.3 Å². The van der Waals surface area contributed by atoms with Gasteiger partial charge in [-0.2, -0.15) is 0 Å². The first-order valence-corrected chi connectivity index (χ1v) is 16.4. The van der Waals surface area contributed by atoms with Crippen molar-refractivity contribution in [3.8, 4) is 19.5 Å². The zero-order valence-corrected chi connectivity index (χ0v) is 24.7. The zero-order valence-electron chi connectivity index (χ0n) is 21.5. The minimum Gasteiger partial charge on any atom is -0.465 e. The van der Waals surface area contributed by atoms with E-state index in [2.05, 4.69) is 25.3 Å². The van der Waals surface area contributed by atoms with E-state index in [0.717, 1.165) is 37.1 Å². The van der Waals surface area contributed by atoms with Crippen LogP contribution in [0.1, 0.15) is 17.5 Å². The molecule has 4 heterocycles. The van der Waals surface area contributed by atoms with Gasteiger partial charge in [0.2, 0.25) is 0 Å². The van der Waals surface area contributed by atoms with E-state index in [-0.39, 0.29) is 61.7 Å². The summed E-state index contributed by atoms with van der Waals surface area (Å²) in [5.74, 6) is -0.131. The molecule has 0 amide bonds. The van der Waals surface area contributed by atoms with Crippen molar-refractivity contribution in [1.29, 1.82) is 0 Å². The van der Waals surface area contributed by atoms with Crippen molar-refractivity contribution < 1.29 is 19.1 Å². The highest BCUT2D eigenvalue weighted by Crippen LogP contribution is 2.43. The standard InChI is InChI=1S/C31H30O4S4/c1-3-20-15-21(4-2)25(19-35-29(33)17-23-10-14-39-31(23)27-8-6-12-37-27)24(20)18-34-28(32)16-22-9-13-38-30(22)26-7-5-11-36-26/h3-14,20-21,24-25H,1-2,15-19H2. The lowest BCUT2D eigenvalue weighted by Crippen LogP contribution is -2.28. The van der Waals surface area contributed by atoms with Crippen molar-refractivity contribution in [2.45, 2.75) is 19.3 Å². The van der Waals surface area contributed by atoms with Crippen LogP contribution < -0.4 is 0 Å². The molecule has 0 saturated heterocycles. The van der Waals surface area contributed by atoms with Crippen molar-refractivity contribution in [1.82, 2.24) is 0 Å². The average molecular weight is 595 g/mol. The van der Waals surface area contributed by atoms with E-state index < -0.39 is 0 Å². The molecule has 8 heteroatoms. The molecule has 4 aromatic rings. The van der Waals surface area contributed by atoms with Gasteiger partial charge in [0.1, 0.15) is 0 Å². The first kappa shape index (κ1) is 27.8. The number of allylic oxidation sites excluding steroid dienone is 2. The fraction of sp³-hybridized carbons (Fsp3) is 0.290. The Balaban J connectivity index is 1.19. The maximum atomic E-state index is 12.9. The molecule has 4 unspecified atom stereocenters. The van der Waals surface area contributed by atoms with Gasteiger partial charge in [-0.15, -0.1) is 58.5 Å². The number of ether oxygens (including phenoxy) is 2. The third-order valence-corrected chi connectivity index (χ3v) is 11.3. The number of rotatable bonds is 12. The molecule has 1 aliphatic carbocycles. The highest BCUT2D eigenvalue weighted by molar-refractivity contribution is 7.21. The SMILES string of the molecule is C=CC1CC(C=C)C(COC(=O)Cc2ccsc2-c2cccs2)C1COC(=O)Cc1ccsc1-c1cccs1. The Morgan fingerprint density at radius 1 is 0.718 bits per heavy atom. The maximum Gasteiger partial charge on any atom is 0.310 e. The molecule has 1 aliphatic rings. The number of hydrogen-bond donors (Lipinski definition) is 0. The van der Waals surface area contributed by atoms with Crippen LogP contribution in [-0.4, -0.2) is 25.2 Å². The molecule has 0 radical (unpaired) electrons. The number of hydrogen-bond acceptors (Lipinski definition) is 8. The van der Waals surface area contributed by atoms with Crippen LogP contribution in [0.15, 0.2) is 83.2 Å². The second-order valence-electron chi connectivity index (χ2n) is 9.59. The molecule has 39 heavy (non-hydrogen) atoms. The summed E-state index contributed by atoms with van der Waals surface area (Å²) in [6, 6.07) is 12.2. The van der Waals surface area contributed by atoms with Gasteiger partial charge < -0.3 is 9.47 Å². The van der Waals surface area contributed by atoms with E-state index in [1.165, 1.54) is 0 Å². The fourth-order valence-electron chi connectivity index (χ4n) is 5.32. The predicted molar refractivity (Wildman–Crippen MR) is 164 cm³/mol. The Morgan fingerprint density at radius 2 is 1.18 bits per heavy atom. The Kier molecular flexibility index (Phi) is 9.29. The van der Waals surface area contributed by atoms with Crippen LogP contribution >= 0.6 is 45.3 Å². The normalized spacial score (nSPS) is 20.5. The van der Waals surface area contributed by atoms with Crippen LogP contribution in [0.2, 0.25) is 0 Å². The van der Waals surface area contributed by atoms with Gasteiger partial charge in [-0.05, 0) is 75.2 Å². The molecule has 4 atom stereocenters. The first-order chi connectivity index (χ1) is 19.1. The van der Waals surface area contributed by atoms with Crippen LogP contribution in [-0.2, 0) is 31.9 Å². The molecular weight excluding hydrogens is 565 g/mol. The molecule has 4 nitrogen and oxygen atoms in total. The minimum atomic E-state index is -0.245. The number of thiophene rings is 4. The summed E-state index contributed by atoms with van der Waals surface area (Å²) in [5, 5.41) is 8.11. The number of esters is 2. The van der Waals surface area contributed by atoms with Crippen molar-refractivity contribution >= 4 is 57.3 Å². The molecule has 1 fully saturated rings. The number of carbonyl (C=O) groups excluding carboxylic acids is 2. The molecule has 202 valence electrons. The van der Waals surface area contributed by atoms with Crippen molar-refractivity contribution in [3.05, 3.63) is 94.4 Å². The Morgan fingerprint density at radius 3 is 1.56 bits per heavy atom. The van der Waals surface area contributed by atoms with Crippen molar-refractivity contribution in [2.24, 2.45) is 23.7 Å². The van der Waals surface area contributed by atoms with Crippen LogP contribution in [0.5, 0.6) is 0 Å². The van der Waals surface area contributed by atoms with Gasteiger partial charge in [0.25, 0.3) is 0 Å². The topological polar surface area (TPSA) is 52.6 Å². The molecular formula is C31H30O4S4. The molecule has 0 bridgehead atoms. The summed E-state index contributed by atoms with van der Waals surface area (Å²) >= 11 is 6.62. The molecule has 0 N–H and O–H groups in total. The molecule has 1 saturated carbocycles. The smallest absolute Gasteiger partial charge is 0.310 e. The van der Waals surface area contributed by atoms with E-state index in [1.807, 2.05) is 57.9 Å². The molecule has 0 aromatic carbocycles. The van der Waals surface area contributed by atoms with Gasteiger partial charge in [0, 0.05) is 31.3 Å². The highest BCUT2D eigenvalue weighted by Gasteiger charge is 2.42.